The highest BCUT2D eigenvalue weighted by atomic mass is 32.1. The van der Waals surface area contributed by atoms with E-state index in [1.165, 1.54) is 16.1 Å². The SMILES string of the molecule is O=C(CN1CCn2cccc2C1c1ccccc1)N1CCCC1c1cccs1. The Balaban J connectivity index is 1.40. The zero-order valence-corrected chi connectivity index (χ0v) is 16.7. The van der Waals surface area contributed by atoms with Crippen molar-refractivity contribution in [2.45, 2.75) is 31.5 Å². The molecule has 1 amide bonds. The normalized spacial score (nSPS) is 22.4. The van der Waals surface area contributed by atoms with Crippen molar-refractivity contribution in [2.24, 2.45) is 0 Å². The van der Waals surface area contributed by atoms with Crippen molar-refractivity contribution in [3.8, 4) is 0 Å². The molecule has 5 heteroatoms. The van der Waals surface area contributed by atoms with Gasteiger partial charge in [0.2, 0.25) is 5.91 Å². The molecule has 0 radical (unpaired) electrons. The maximum absolute atomic E-state index is 13.3. The first-order valence-electron chi connectivity index (χ1n) is 10.1. The highest BCUT2D eigenvalue weighted by Gasteiger charge is 2.35. The minimum Gasteiger partial charge on any atom is -0.348 e. The monoisotopic (exact) mass is 391 g/mol. The van der Waals surface area contributed by atoms with E-state index in [0.717, 1.165) is 32.5 Å². The summed E-state index contributed by atoms with van der Waals surface area (Å²) in [6.45, 7) is 3.19. The molecule has 144 valence electrons. The van der Waals surface area contributed by atoms with E-state index in [1.54, 1.807) is 11.3 Å². The Kier molecular flexibility index (Phi) is 4.79. The molecule has 4 heterocycles. The predicted molar refractivity (Wildman–Crippen MR) is 112 cm³/mol. The number of aromatic nitrogens is 1. The fraction of sp³-hybridized carbons (Fsp3) is 0.348. The Morgan fingerprint density at radius 3 is 2.71 bits per heavy atom. The molecular formula is C23H25N3OS. The summed E-state index contributed by atoms with van der Waals surface area (Å²) in [6.07, 6.45) is 4.33. The molecule has 28 heavy (non-hydrogen) atoms. The standard InChI is InChI=1S/C23H25N3OS/c27-22(26-13-5-9-19(26)21-11-6-16-28-21)17-25-15-14-24-12-4-10-20(24)23(25)18-7-2-1-3-8-18/h1-4,6-8,10-12,16,19,23H,5,9,13-15,17H2. The minimum atomic E-state index is 0.136. The van der Waals surface area contributed by atoms with E-state index in [9.17, 15) is 4.79 Å². The molecule has 2 atom stereocenters. The Labute approximate surface area is 170 Å². The number of amides is 1. The van der Waals surface area contributed by atoms with Crippen LogP contribution in [0.2, 0.25) is 0 Å². The van der Waals surface area contributed by atoms with Gasteiger partial charge in [0, 0.05) is 36.4 Å². The Hall–Kier alpha value is -2.37. The molecule has 3 aromatic rings. The third-order valence-electron chi connectivity index (χ3n) is 6.04. The number of benzene rings is 1. The van der Waals surface area contributed by atoms with Crippen molar-refractivity contribution in [1.82, 2.24) is 14.4 Å². The average molecular weight is 392 g/mol. The van der Waals surface area contributed by atoms with Gasteiger partial charge < -0.3 is 9.47 Å². The number of rotatable bonds is 4. The Morgan fingerprint density at radius 1 is 1.00 bits per heavy atom. The van der Waals surface area contributed by atoms with Crippen molar-refractivity contribution in [2.75, 3.05) is 19.6 Å². The molecule has 1 saturated heterocycles. The third kappa shape index (κ3) is 3.19. The first-order chi connectivity index (χ1) is 13.8. The Morgan fingerprint density at radius 2 is 1.89 bits per heavy atom. The van der Waals surface area contributed by atoms with Crippen molar-refractivity contribution in [1.29, 1.82) is 0 Å². The number of carbonyl (C=O) groups is 1. The van der Waals surface area contributed by atoms with Crippen LogP contribution in [0.3, 0.4) is 0 Å². The lowest BCUT2D eigenvalue weighted by Gasteiger charge is -2.38. The number of fused-ring (bicyclic) bond motifs is 1. The van der Waals surface area contributed by atoms with E-state index in [0.29, 0.717) is 6.54 Å². The van der Waals surface area contributed by atoms with Gasteiger partial charge in [0.05, 0.1) is 18.6 Å². The van der Waals surface area contributed by atoms with Crippen LogP contribution >= 0.6 is 11.3 Å². The van der Waals surface area contributed by atoms with Crippen LogP contribution in [0.4, 0.5) is 0 Å². The highest BCUT2D eigenvalue weighted by Crippen LogP contribution is 2.36. The molecule has 0 N–H and O–H groups in total. The fourth-order valence-electron chi connectivity index (χ4n) is 4.73. The second-order valence-electron chi connectivity index (χ2n) is 7.67. The summed E-state index contributed by atoms with van der Waals surface area (Å²) in [5.41, 5.74) is 2.53. The van der Waals surface area contributed by atoms with Gasteiger partial charge in [-0.15, -0.1) is 11.3 Å². The van der Waals surface area contributed by atoms with Gasteiger partial charge in [-0.1, -0.05) is 36.4 Å². The maximum atomic E-state index is 13.3. The van der Waals surface area contributed by atoms with Gasteiger partial charge in [-0.2, -0.15) is 0 Å². The summed E-state index contributed by atoms with van der Waals surface area (Å²) in [5.74, 6) is 0.261. The quantitative estimate of drug-likeness (QED) is 0.663. The van der Waals surface area contributed by atoms with E-state index < -0.39 is 0 Å². The van der Waals surface area contributed by atoms with Crippen LogP contribution in [0.5, 0.6) is 0 Å². The van der Waals surface area contributed by atoms with E-state index in [-0.39, 0.29) is 18.0 Å². The third-order valence-corrected chi connectivity index (χ3v) is 7.01. The van der Waals surface area contributed by atoms with E-state index >= 15 is 0 Å². The van der Waals surface area contributed by atoms with Gasteiger partial charge in [0.1, 0.15) is 0 Å². The Bertz CT molecular complexity index is 934. The summed E-state index contributed by atoms with van der Waals surface area (Å²) < 4.78 is 2.32. The lowest BCUT2D eigenvalue weighted by atomic mass is 10.00. The number of hydrogen-bond donors (Lipinski definition) is 0. The first kappa shape index (κ1) is 17.7. The van der Waals surface area contributed by atoms with Crippen LogP contribution in [-0.2, 0) is 11.3 Å². The maximum Gasteiger partial charge on any atom is 0.237 e. The predicted octanol–water partition coefficient (Wildman–Crippen LogP) is 4.32. The number of likely N-dealkylation sites (tertiary alicyclic amines) is 1. The summed E-state index contributed by atoms with van der Waals surface area (Å²) in [4.78, 5) is 19.1. The van der Waals surface area contributed by atoms with Gasteiger partial charge in [-0.3, -0.25) is 9.69 Å². The summed E-state index contributed by atoms with van der Waals surface area (Å²) in [5, 5.41) is 2.11. The highest BCUT2D eigenvalue weighted by molar-refractivity contribution is 7.10. The zero-order valence-electron chi connectivity index (χ0n) is 15.9. The van der Waals surface area contributed by atoms with E-state index in [4.69, 9.17) is 0 Å². The molecule has 2 aliphatic heterocycles. The topological polar surface area (TPSA) is 28.5 Å². The van der Waals surface area contributed by atoms with Crippen LogP contribution < -0.4 is 0 Å². The number of thiophene rings is 1. The molecule has 0 bridgehead atoms. The molecule has 0 aliphatic carbocycles. The lowest BCUT2D eigenvalue weighted by molar-refractivity contribution is -0.134. The fourth-order valence-corrected chi connectivity index (χ4v) is 5.60. The van der Waals surface area contributed by atoms with Crippen LogP contribution in [0.1, 0.15) is 41.1 Å². The van der Waals surface area contributed by atoms with E-state index in [1.807, 2.05) is 0 Å². The van der Waals surface area contributed by atoms with Crippen molar-refractivity contribution in [3.05, 3.63) is 82.3 Å². The number of nitrogens with zero attached hydrogens (tertiary/aromatic N) is 3. The van der Waals surface area contributed by atoms with Crippen LogP contribution in [0.25, 0.3) is 0 Å². The summed E-state index contributed by atoms with van der Waals surface area (Å²) in [7, 11) is 0. The molecular weight excluding hydrogens is 366 g/mol. The van der Waals surface area contributed by atoms with E-state index in [2.05, 4.69) is 80.5 Å². The smallest absolute Gasteiger partial charge is 0.237 e. The van der Waals surface area contributed by atoms with Crippen LogP contribution in [0, 0.1) is 0 Å². The zero-order chi connectivity index (χ0) is 18.9. The molecule has 1 fully saturated rings. The second-order valence-corrected chi connectivity index (χ2v) is 8.65. The largest absolute Gasteiger partial charge is 0.348 e. The number of carbonyl (C=O) groups excluding carboxylic acids is 1. The van der Waals surface area contributed by atoms with Gasteiger partial charge in [0.15, 0.2) is 0 Å². The van der Waals surface area contributed by atoms with Gasteiger partial charge in [-0.05, 0) is 42.0 Å². The lowest BCUT2D eigenvalue weighted by Crippen LogP contribution is -2.45. The molecule has 2 unspecified atom stereocenters. The van der Waals surface area contributed by atoms with Crippen molar-refractivity contribution in [3.63, 3.8) is 0 Å². The summed E-state index contributed by atoms with van der Waals surface area (Å²) in [6, 6.07) is 19.5. The molecule has 1 aromatic carbocycles. The van der Waals surface area contributed by atoms with Crippen LogP contribution in [0.15, 0.2) is 66.2 Å². The molecule has 4 nitrogen and oxygen atoms in total. The summed E-state index contributed by atoms with van der Waals surface area (Å²) >= 11 is 1.77. The first-order valence-corrected chi connectivity index (χ1v) is 11.0. The minimum absolute atomic E-state index is 0.136. The number of hydrogen-bond acceptors (Lipinski definition) is 3. The van der Waals surface area contributed by atoms with Gasteiger partial charge in [-0.25, -0.2) is 0 Å². The van der Waals surface area contributed by atoms with Crippen molar-refractivity contribution >= 4 is 17.2 Å². The molecule has 2 aliphatic rings. The molecule has 0 saturated carbocycles. The molecule has 5 rings (SSSR count). The molecule has 0 spiro atoms. The second kappa shape index (κ2) is 7.57. The van der Waals surface area contributed by atoms with Gasteiger partial charge >= 0.3 is 0 Å². The molecule has 2 aromatic heterocycles. The average Bonchev–Trinajstić information content (AvgIpc) is 3.48. The van der Waals surface area contributed by atoms with Crippen molar-refractivity contribution < 1.29 is 4.79 Å². The van der Waals surface area contributed by atoms with Crippen LogP contribution in [-0.4, -0.2) is 39.9 Å². The van der Waals surface area contributed by atoms with Gasteiger partial charge in [0.25, 0.3) is 0 Å².